The first kappa shape index (κ1) is 19.2. The number of amides is 2. The third kappa shape index (κ3) is 4.58. The minimum Gasteiger partial charge on any atom is -0.486 e. The van der Waals surface area contributed by atoms with E-state index in [1.165, 1.54) is 30.3 Å². The zero-order valence-corrected chi connectivity index (χ0v) is 14.2. The van der Waals surface area contributed by atoms with Crippen LogP contribution in [0.2, 0.25) is 0 Å². The van der Waals surface area contributed by atoms with Gasteiger partial charge in [0.25, 0.3) is 0 Å². The van der Waals surface area contributed by atoms with Crippen molar-refractivity contribution >= 4 is 23.7 Å². The second kappa shape index (κ2) is 7.99. The van der Waals surface area contributed by atoms with Crippen LogP contribution in [0.1, 0.15) is 11.1 Å². The summed E-state index contributed by atoms with van der Waals surface area (Å²) in [6.07, 6.45) is -3.75. The molecule has 0 fully saturated rings. The number of hydrogen-bond acceptors (Lipinski definition) is 5. The molecule has 0 aliphatic carbocycles. The van der Waals surface area contributed by atoms with Gasteiger partial charge in [0.15, 0.2) is 11.5 Å². The van der Waals surface area contributed by atoms with Crippen LogP contribution in [0.15, 0.2) is 47.6 Å². The molecule has 1 aliphatic heterocycles. The van der Waals surface area contributed by atoms with E-state index in [-0.39, 0.29) is 11.3 Å². The molecule has 0 bridgehead atoms. The summed E-state index contributed by atoms with van der Waals surface area (Å²) in [4.78, 5) is 23.7. The Morgan fingerprint density at radius 3 is 2.46 bits per heavy atom. The number of ether oxygens (including phenoxy) is 2. The molecule has 146 valence electrons. The van der Waals surface area contributed by atoms with Gasteiger partial charge < -0.3 is 14.8 Å². The first-order valence-corrected chi connectivity index (χ1v) is 8.05. The Morgan fingerprint density at radius 1 is 1.00 bits per heavy atom. The summed E-state index contributed by atoms with van der Waals surface area (Å²) in [5.41, 5.74) is 1.02. The van der Waals surface area contributed by atoms with Gasteiger partial charge in [0.05, 0.1) is 11.8 Å². The average molecular weight is 393 g/mol. The van der Waals surface area contributed by atoms with Crippen molar-refractivity contribution in [2.45, 2.75) is 6.18 Å². The monoisotopic (exact) mass is 393 g/mol. The van der Waals surface area contributed by atoms with Crippen molar-refractivity contribution < 1.29 is 32.2 Å². The highest BCUT2D eigenvalue weighted by Crippen LogP contribution is 2.32. The number of anilines is 1. The van der Waals surface area contributed by atoms with Crippen LogP contribution in [0, 0.1) is 0 Å². The van der Waals surface area contributed by atoms with Crippen molar-refractivity contribution in [2.24, 2.45) is 5.10 Å². The highest BCUT2D eigenvalue weighted by molar-refractivity contribution is 6.39. The number of carbonyl (C=O) groups excluding carboxylic acids is 2. The summed E-state index contributed by atoms with van der Waals surface area (Å²) < 4.78 is 49.4. The Balaban J connectivity index is 1.61. The van der Waals surface area contributed by atoms with Crippen molar-refractivity contribution in [3.8, 4) is 11.5 Å². The standard InChI is InChI=1S/C18H14F3N3O4/c19-18(20,21)13-4-2-1-3-11(13)10-22-24-17(26)16(25)23-12-5-6-14-15(9-12)28-8-7-27-14/h1-6,9-10H,7-8H2,(H,23,25)(H,24,26)/b22-10-. The summed E-state index contributed by atoms with van der Waals surface area (Å²) in [5.74, 6) is -1.25. The average Bonchev–Trinajstić information content (AvgIpc) is 2.67. The molecule has 0 spiro atoms. The van der Waals surface area contributed by atoms with Crippen molar-refractivity contribution in [3.63, 3.8) is 0 Å². The van der Waals surface area contributed by atoms with Gasteiger partial charge in [0.1, 0.15) is 13.2 Å². The topological polar surface area (TPSA) is 89.0 Å². The SMILES string of the molecule is O=C(N/N=C\c1ccccc1C(F)(F)F)C(=O)Nc1ccc2c(c1)OCCO2. The predicted octanol–water partition coefficient (Wildman–Crippen LogP) is 2.57. The Hall–Kier alpha value is -3.56. The number of nitrogens with one attached hydrogen (secondary N) is 2. The lowest BCUT2D eigenvalue weighted by atomic mass is 10.1. The van der Waals surface area contributed by atoms with Gasteiger partial charge in [0, 0.05) is 17.3 Å². The van der Waals surface area contributed by atoms with Crippen molar-refractivity contribution in [3.05, 3.63) is 53.6 Å². The quantitative estimate of drug-likeness (QED) is 0.477. The van der Waals surface area contributed by atoms with Gasteiger partial charge in [-0.2, -0.15) is 18.3 Å². The normalized spacial score (nSPS) is 13.2. The summed E-state index contributed by atoms with van der Waals surface area (Å²) in [6, 6.07) is 9.29. The molecular weight excluding hydrogens is 379 g/mol. The van der Waals surface area contributed by atoms with E-state index in [9.17, 15) is 22.8 Å². The molecule has 0 unspecified atom stereocenters. The molecule has 28 heavy (non-hydrogen) atoms. The molecule has 2 aromatic rings. The van der Waals surface area contributed by atoms with Gasteiger partial charge in [0.2, 0.25) is 0 Å². The lowest BCUT2D eigenvalue weighted by Gasteiger charge is -2.18. The Kier molecular flexibility index (Phi) is 5.48. The molecule has 0 saturated heterocycles. The molecule has 2 amide bonds. The fourth-order valence-electron chi connectivity index (χ4n) is 2.39. The van der Waals surface area contributed by atoms with Crippen LogP contribution in [0.3, 0.4) is 0 Å². The molecule has 2 N–H and O–H groups in total. The lowest BCUT2D eigenvalue weighted by molar-refractivity contribution is -0.137. The first-order chi connectivity index (χ1) is 13.3. The van der Waals surface area contributed by atoms with E-state index in [2.05, 4.69) is 10.4 Å². The minimum absolute atomic E-state index is 0.248. The zero-order valence-electron chi connectivity index (χ0n) is 14.2. The van der Waals surface area contributed by atoms with E-state index in [1.807, 2.05) is 5.43 Å². The predicted molar refractivity (Wildman–Crippen MR) is 93.2 cm³/mol. The zero-order chi connectivity index (χ0) is 20.1. The molecule has 2 aromatic carbocycles. The molecule has 0 aromatic heterocycles. The van der Waals surface area contributed by atoms with Gasteiger partial charge in [-0.25, -0.2) is 5.43 Å². The maximum Gasteiger partial charge on any atom is 0.417 e. The molecule has 0 radical (unpaired) electrons. The largest absolute Gasteiger partial charge is 0.486 e. The number of hydrazone groups is 1. The van der Waals surface area contributed by atoms with Gasteiger partial charge in [-0.1, -0.05) is 18.2 Å². The van der Waals surface area contributed by atoms with Crippen molar-refractivity contribution in [1.29, 1.82) is 0 Å². The maximum absolute atomic E-state index is 12.9. The lowest BCUT2D eigenvalue weighted by Crippen LogP contribution is -2.32. The Labute approximate surface area is 157 Å². The van der Waals surface area contributed by atoms with Crippen LogP contribution in [0.4, 0.5) is 18.9 Å². The van der Waals surface area contributed by atoms with E-state index < -0.39 is 23.6 Å². The third-order valence-corrected chi connectivity index (χ3v) is 3.64. The Morgan fingerprint density at radius 2 is 1.71 bits per heavy atom. The highest BCUT2D eigenvalue weighted by Gasteiger charge is 2.32. The number of halogens is 3. The molecular formula is C18H14F3N3O4. The van der Waals surface area contributed by atoms with Crippen LogP contribution in [0.25, 0.3) is 0 Å². The molecule has 7 nitrogen and oxygen atoms in total. The van der Waals surface area contributed by atoms with Crippen molar-refractivity contribution in [1.82, 2.24) is 5.43 Å². The number of nitrogens with zero attached hydrogens (tertiary/aromatic N) is 1. The summed E-state index contributed by atoms with van der Waals surface area (Å²) in [6.45, 7) is 0.773. The molecule has 3 rings (SSSR count). The fraction of sp³-hybridized carbons (Fsp3) is 0.167. The molecule has 1 aliphatic rings. The Bertz CT molecular complexity index is 929. The van der Waals surface area contributed by atoms with Gasteiger partial charge in [-0.05, 0) is 18.2 Å². The van der Waals surface area contributed by atoms with Crippen LogP contribution in [0.5, 0.6) is 11.5 Å². The second-order valence-corrected chi connectivity index (χ2v) is 5.60. The van der Waals surface area contributed by atoms with E-state index in [0.29, 0.717) is 24.7 Å². The molecule has 10 heteroatoms. The second-order valence-electron chi connectivity index (χ2n) is 5.60. The van der Waals surface area contributed by atoms with Crippen molar-refractivity contribution in [2.75, 3.05) is 18.5 Å². The maximum atomic E-state index is 12.9. The summed E-state index contributed by atoms with van der Waals surface area (Å²) >= 11 is 0. The smallest absolute Gasteiger partial charge is 0.417 e. The van der Waals surface area contributed by atoms with E-state index in [4.69, 9.17) is 9.47 Å². The molecule has 0 atom stereocenters. The number of alkyl halides is 3. The number of hydrogen-bond donors (Lipinski definition) is 2. The highest BCUT2D eigenvalue weighted by atomic mass is 19.4. The number of fused-ring (bicyclic) bond motifs is 1. The van der Waals surface area contributed by atoms with E-state index >= 15 is 0 Å². The summed E-state index contributed by atoms with van der Waals surface area (Å²) in [7, 11) is 0. The molecule has 0 saturated carbocycles. The van der Waals surface area contributed by atoms with E-state index in [1.54, 1.807) is 6.07 Å². The van der Waals surface area contributed by atoms with Crippen LogP contribution in [-0.4, -0.2) is 31.2 Å². The minimum atomic E-state index is -4.57. The van der Waals surface area contributed by atoms with E-state index in [0.717, 1.165) is 12.3 Å². The van der Waals surface area contributed by atoms with Crippen LogP contribution in [-0.2, 0) is 15.8 Å². The van der Waals surface area contributed by atoms with Gasteiger partial charge in [-0.15, -0.1) is 0 Å². The third-order valence-electron chi connectivity index (χ3n) is 3.64. The first-order valence-electron chi connectivity index (χ1n) is 8.05. The van der Waals surface area contributed by atoms with Gasteiger partial charge in [-0.3, -0.25) is 9.59 Å². The number of rotatable bonds is 3. The van der Waals surface area contributed by atoms with Crippen LogP contribution < -0.4 is 20.2 Å². The van der Waals surface area contributed by atoms with Crippen LogP contribution >= 0.6 is 0 Å². The number of carbonyl (C=O) groups is 2. The fourth-order valence-corrected chi connectivity index (χ4v) is 2.39. The molecule has 1 heterocycles. The summed E-state index contributed by atoms with van der Waals surface area (Å²) in [5, 5.41) is 5.75. The number of benzene rings is 2. The van der Waals surface area contributed by atoms with Gasteiger partial charge >= 0.3 is 18.0 Å².